The number of benzene rings is 1. The maximum absolute atomic E-state index is 5.62. The van der Waals surface area contributed by atoms with Gasteiger partial charge in [-0.2, -0.15) is 0 Å². The van der Waals surface area contributed by atoms with E-state index in [1.807, 2.05) is 25.1 Å². The van der Waals surface area contributed by atoms with Crippen LogP contribution in [0, 0.1) is 6.92 Å². The fourth-order valence-corrected chi connectivity index (χ4v) is 2.15. The van der Waals surface area contributed by atoms with Gasteiger partial charge in [0.1, 0.15) is 0 Å². The van der Waals surface area contributed by atoms with Gasteiger partial charge in [-0.1, -0.05) is 23.8 Å². The number of para-hydroxylation sites is 1. The standard InChI is InChI=1S/C15H19N3/c1-10(2)8-15(18-16)14-9-11(3)12-6-4-5-7-13(12)17-14/h4-7,9,15,18H,1,8,16H2,2-3H3. The Morgan fingerprint density at radius 2 is 2.17 bits per heavy atom. The highest BCUT2D eigenvalue weighted by Crippen LogP contribution is 2.23. The summed E-state index contributed by atoms with van der Waals surface area (Å²) in [5, 5.41) is 1.19. The van der Waals surface area contributed by atoms with Crippen molar-refractivity contribution in [2.75, 3.05) is 0 Å². The van der Waals surface area contributed by atoms with E-state index in [2.05, 4.69) is 36.0 Å². The smallest absolute Gasteiger partial charge is 0.0708 e. The first-order chi connectivity index (χ1) is 8.61. The molecule has 3 heteroatoms. The summed E-state index contributed by atoms with van der Waals surface area (Å²) in [6.45, 7) is 8.03. The largest absolute Gasteiger partial charge is 0.271 e. The van der Waals surface area contributed by atoms with Crippen LogP contribution in [0.4, 0.5) is 0 Å². The van der Waals surface area contributed by atoms with Crippen molar-refractivity contribution in [1.82, 2.24) is 10.4 Å². The van der Waals surface area contributed by atoms with Gasteiger partial charge in [-0.05, 0) is 38.0 Å². The summed E-state index contributed by atoms with van der Waals surface area (Å²) in [7, 11) is 0. The van der Waals surface area contributed by atoms with Crippen LogP contribution in [0.25, 0.3) is 10.9 Å². The molecule has 94 valence electrons. The third-order valence-electron chi connectivity index (χ3n) is 3.05. The van der Waals surface area contributed by atoms with Crippen LogP contribution in [0.2, 0.25) is 0 Å². The number of nitrogens with zero attached hydrogens (tertiary/aromatic N) is 1. The van der Waals surface area contributed by atoms with E-state index in [4.69, 9.17) is 5.84 Å². The molecule has 0 spiro atoms. The van der Waals surface area contributed by atoms with Crippen LogP contribution in [-0.2, 0) is 0 Å². The van der Waals surface area contributed by atoms with E-state index in [1.165, 1.54) is 10.9 Å². The molecule has 3 nitrogen and oxygen atoms in total. The van der Waals surface area contributed by atoms with Crippen LogP contribution < -0.4 is 11.3 Å². The summed E-state index contributed by atoms with van der Waals surface area (Å²) in [6, 6.07) is 10.3. The molecule has 0 bridgehead atoms. The molecule has 0 radical (unpaired) electrons. The number of nitrogens with two attached hydrogens (primary N) is 1. The summed E-state index contributed by atoms with van der Waals surface area (Å²) < 4.78 is 0. The van der Waals surface area contributed by atoms with E-state index >= 15 is 0 Å². The minimum Gasteiger partial charge on any atom is -0.271 e. The van der Waals surface area contributed by atoms with Crippen molar-refractivity contribution in [3.8, 4) is 0 Å². The Morgan fingerprint density at radius 3 is 2.83 bits per heavy atom. The second-order valence-electron chi connectivity index (χ2n) is 4.76. The number of hydrazine groups is 1. The lowest BCUT2D eigenvalue weighted by molar-refractivity contribution is 0.538. The molecule has 1 atom stereocenters. The number of fused-ring (bicyclic) bond motifs is 1. The first-order valence-corrected chi connectivity index (χ1v) is 6.08. The minimum atomic E-state index is 0.0193. The van der Waals surface area contributed by atoms with E-state index in [1.54, 1.807) is 0 Å². The number of pyridine rings is 1. The zero-order valence-corrected chi connectivity index (χ0v) is 10.9. The maximum atomic E-state index is 5.62. The molecule has 2 aromatic rings. The number of hydrogen-bond acceptors (Lipinski definition) is 3. The van der Waals surface area contributed by atoms with E-state index in [9.17, 15) is 0 Å². The van der Waals surface area contributed by atoms with E-state index in [0.717, 1.165) is 23.2 Å². The lowest BCUT2D eigenvalue weighted by atomic mass is 10.0. The lowest BCUT2D eigenvalue weighted by Crippen LogP contribution is -2.29. The highest BCUT2D eigenvalue weighted by Gasteiger charge is 2.13. The monoisotopic (exact) mass is 241 g/mol. The van der Waals surface area contributed by atoms with Crippen LogP contribution in [-0.4, -0.2) is 4.98 Å². The van der Waals surface area contributed by atoms with Crippen molar-refractivity contribution in [3.05, 3.63) is 53.7 Å². The van der Waals surface area contributed by atoms with E-state index in [0.29, 0.717) is 0 Å². The van der Waals surface area contributed by atoms with Crippen molar-refractivity contribution in [3.63, 3.8) is 0 Å². The molecule has 0 aliphatic heterocycles. The maximum Gasteiger partial charge on any atom is 0.0708 e. The quantitative estimate of drug-likeness (QED) is 0.491. The molecule has 3 N–H and O–H groups in total. The second kappa shape index (κ2) is 5.29. The summed E-state index contributed by atoms with van der Waals surface area (Å²) in [5.41, 5.74) is 7.10. The molecule has 18 heavy (non-hydrogen) atoms. The highest BCUT2D eigenvalue weighted by molar-refractivity contribution is 5.82. The van der Waals surface area contributed by atoms with Crippen LogP contribution in [0.5, 0.6) is 0 Å². The predicted octanol–water partition coefficient (Wildman–Crippen LogP) is 3.01. The Kier molecular flexibility index (Phi) is 3.75. The number of hydrogen-bond donors (Lipinski definition) is 2. The molecule has 0 fully saturated rings. The Bertz CT molecular complexity index is 575. The minimum absolute atomic E-state index is 0.0193. The Hall–Kier alpha value is -1.71. The van der Waals surface area contributed by atoms with E-state index in [-0.39, 0.29) is 6.04 Å². The molecule has 1 aromatic heterocycles. The number of rotatable bonds is 4. The fourth-order valence-electron chi connectivity index (χ4n) is 2.15. The fraction of sp³-hybridized carbons (Fsp3) is 0.267. The van der Waals surface area contributed by atoms with Gasteiger partial charge in [0, 0.05) is 5.39 Å². The molecule has 1 unspecified atom stereocenters. The van der Waals surface area contributed by atoms with Gasteiger partial charge in [0.2, 0.25) is 0 Å². The van der Waals surface area contributed by atoms with Crippen LogP contribution >= 0.6 is 0 Å². The Morgan fingerprint density at radius 1 is 1.44 bits per heavy atom. The van der Waals surface area contributed by atoms with Crippen molar-refractivity contribution in [2.45, 2.75) is 26.3 Å². The molecule has 0 saturated carbocycles. The third-order valence-corrected chi connectivity index (χ3v) is 3.05. The Labute approximate surface area is 108 Å². The highest BCUT2D eigenvalue weighted by atomic mass is 15.2. The second-order valence-corrected chi connectivity index (χ2v) is 4.76. The summed E-state index contributed by atoms with van der Waals surface area (Å²) in [4.78, 5) is 4.68. The number of nitrogens with one attached hydrogen (secondary N) is 1. The normalized spacial score (nSPS) is 12.6. The van der Waals surface area contributed by atoms with Gasteiger partial charge < -0.3 is 0 Å². The first kappa shape index (κ1) is 12.7. The third kappa shape index (κ3) is 2.58. The van der Waals surface area contributed by atoms with Crippen LogP contribution in [0.3, 0.4) is 0 Å². The molecule has 0 aliphatic carbocycles. The van der Waals surface area contributed by atoms with Gasteiger partial charge in [-0.3, -0.25) is 16.3 Å². The van der Waals surface area contributed by atoms with Crippen LogP contribution in [0.15, 0.2) is 42.5 Å². The molecular weight excluding hydrogens is 222 g/mol. The molecule has 0 saturated heterocycles. The average Bonchev–Trinajstić information content (AvgIpc) is 2.35. The molecule has 1 heterocycles. The zero-order chi connectivity index (χ0) is 13.1. The van der Waals surface area contributed by atoms with Crippen LogP contribution in [0.1, 0.15) is 30.6 Å². The summed E-state index contributed by atoms with van der Waals surface area (Å²) >= 11 is 0. The molecular formula is C15H19N3. The SMILES string of the molecule is C=C(C)CC(NN)c1cc(C)c2ccccc2n1. The predicted molar refractivity (Wildman–Crippen MR) is 76.0 cm³/mol. The van der Waals surface area contributed by atoms with Gasteiger partial charge >= 0.3 is 0 Å². The summed E-state index contributed by atoms with van der Waals surface area (Å²) in [6.07, 6.45) is 0.793. The first-order valence-electron chi connectivity index (χ1n) is 6.08. The molecule has 2 rings (SSSR count). The van der Waals surface area contributed by atoms with Gasteiger partial charge in [0.15, 0.2) is 0 Å². The van der Waals surface area contributed by atoms with E-state index < -0.39 is 0 Å². The topological polar surface area (TPSA) is 50.9 Å². The van der Waals surface area contributed by atoms with Gasteiger partial charge in [-0.25, -0.2) is 0 Å². The zero-order valence-electron chi connectivity index (χ0n) is 10.9. The number of aryl methyl sites for hydroxylation is 1. The molecule has 0 amide bonds. The van der Waals surface area contributed by atoms with Gasteiger partial charge in [-0.15, -0.1) is 6.58 Å². The average molecular weight is 241 g/mol. The van der Waals surface area contributed by atoms with Crippen molar-refractivity contribution >= 4 is 10.9 Å². The van der Waals surface area contributed by atoms with Gasteiger partial charge in [0.05, 0.1) is 17.3 Å². The molecule has 1 aromatic carbocycles. The van der Waals surface area contributed by atoms with Crippen molar-refractivity contribution < 1.29 is 0 Å². The lowest BCUT2D eigenvalue weighted by Gasteiger charge is -2.17. The van der Waals surface area contributed by atoms with Crippen molar-refractivity contribution in [1.29, 1.82) is 0 Å². The van der Waals surface area contributed by atoms with Crippen molar-refractivity contribution in [2.24, 2.45) is 5.84 Å². The summed E-state index contributed by atoms with van der Waals surface area (Å²) in [5.74, 6) is 5.62. The van der Waals surface area contributed by atoms with Gasteiger partial charge in [0.25, 0.3) is 0 Å². The Balaban J connectivity index is 2.47. The number of aromatic nitrogens is 1. The molecule has 0 aliphatic rings.